The van der Waals surface area contributed by atoms with Crippen LogP contribution in [0.1, 0.15) is 27.2 Å². The van der Waals surface area contributed by atoms with E-state index in [0.717, 1.165) is 30.6 Å². The van der Waals surface area contributed by atoms with Gasteiger partial charge >= 0.3 is 10.7 Å². The molecule has 4 nitrogen and oxygen atoms in total. The molecular formula is C18H17N2O2S+. The van der Waals surface area contributed by atoms with Gasteiger partial charge in [-0.2, -0.15) is 4.98 Å². The van der Waals surface area contributed by atoms with Crippen molar-refractivity contribution in [3.05, 3.63) is 80.5 Å². The Morgan fingerprint density at radius 1 is 1.00 bits per heavy atom. The number of aldehydes is 1. The summed E-state index contributed by atoms with van der Waals surface area (Å²) in [6.07, 6.45) is 7.60. The highest BCUT2D eigenvalue weighted by atomic mass is 32.1. The predicted molar refractivity (Wildman–Crippen MR) is 90.3 cm³/mol. The smallest absolute Gasteiger partial charge is 0.297 e. The minimum atomic E-state index is -0.221. The van der Waals surface area contributed by atoms with Gasteiger partial charge in [0.1, 0.15) is 0 Å². The standard InChI is InChI=1S/C18H16N2O2S/c21-13-16-17(19-18(22)23-16)20-11-9-15(10-12-20)8-4-7-14-5-2-1-3-6-14/h1-3,5-6,9-13H,4,7-8H2/p+1. The van der Waals surface area contributed by atoms with Gasteiger partial charge in [-0.3, -0.25) is 4.79 Å². The highest BCUT2D eigenvalue weighted by Gasteiger charge is 2.16. The molecule has 0 spiro atoms. The van der Waals surface area contributed by atoms with E-state index in [-0.39, 0.29) is 4.87 Å². The van der Waals surface area contributed by atoms with Crippen molar-refractivity contribution in [2.24, 2.45) is 0 Å². The molecule has 0 saturated heterocycles. The quantitative estimate of drug-likeness (QED) is 0.559. The normalized spacial score (nSPS) is 10.6. The number of aromatic nitrogens is 2. The van der Waals surface area contributed by atoms with Gasteiger partial charge in [-0.1, -0.05) is 30.3 Å². The Hall–Kier alpha value is -2.53. The maximum Gasteiger partial charge on any atom is 0.390 e. The van der Waals surface area contributed by atoms with Crippen molar-refractivity contribution in [1.29, 1.82) is 0 Å². The number of H-pyrrole nitrogens is 1. The minimum absolute atomic E-state index is 0.221. The van der Waals surface area contributed by atoms with Crippen LogP contribution in [0.15, 0.2) is 59.7 Å². The number of nitrogens with zero attached hydrogens (tertiary/aromatic N) is 1. The van der Waals surface area contributed by atoms with Crippen LogP contribution in [0.5, 0.6) is 0 Å². The summed E-state index contributed by atoms with van der Waals surface area (Å²) in [5, 5.41) is 0. The van der Waals surface area contributed by atoms with Gasteiger partial charge in [0.25, 0.3) is 0 Å². The molecule has 0 aliphatic heterocycles. The lowest BCUT2D eigenvalue weighted by atomic mass is 10.1. The fourth-order valence-corrected chi connectivity index (χ4v) is 3.17. The topological polar surface area (TPSA) is 53.8 Å². The van der Waals surface area contributed by atoms with Crippen LogP contribution >= 0.6 is 11.3 Å². The van der Waals surface area contributed by atoms with Gasteiger partial charge in [0, 0.05) is 0 Å². The van der Waals surface area contributed by atoms with Crippen LogP contribution in [0.25, 0.3) is 5.82 Å². The van der Waals surface area contributed by atoms with Crippen molar-refractivity contribution in [3.8, 4) is 5.82 Å². The average molecular weight is 325 g/mol. The highest BCUT2D eigenvalue weighted by Crippen LogP contribution is 2.09. The van der Waals surface area contributed by atoms with Gasteiger partial charge in [-0.15, -0.1) is 0 Å². The lowest BCUT2D eigenvalue weighted by Gasteiger charge is -2.03. The molecule has 0 bridgehead atoms. The molecule has 2 heterocycles. The summed E-state index contributed by atoms with van der Waals surface area (Å²) in [7, 11) is 0. The first-order valence-electron chi connectivity index (χ1n) is 7.49. The van der Waals surface area contributed by atoms with Gasteiger partial charge in [-0.25, -0.2) is 9.36 Å². The molecule has 0 unspecified atom stereocenters. The molecule has 0 aliphatic rings. The first kappa shape index (κ1) is 15.4. The molecule has 5 heteroatoms. The first-order valence-corrected chi connectivity index (χ1v) is 8.31. The maximum atomic E-state index is 11.4. The monoisotopic (exact) mass is 325 g/mol. The summed E-state index contributed by atoms with van der Waals surface area (Å²) in [6, 6.07) is 14.5. The number of carbonyl (C=O) groups is 1. The molecule has 0 amide bonds. The largest absolute Gasteiger partial charge is 0.390 e. The minimum Gasteiger partial charge on any atom is -0.297 e. The molecule has 0 fully saturated rings. The number of thiazole rings is 1. The van der Waals surface area contributed by atoms with Crippen LogP contribution in [-0.2, 0) is 12.8 Å². The van der Waals surface area contributed by atoms with Gasteiger partial charge in [0.2, 0.25) is 0 Å². The molecule has 0 aliphatic carbocycles. The number of rotatable bonds is 6. The molecular weight excluding hydrogens is 308 g/mol. The van der Waals surface area contributed by atoms with E-state index in [1.54, 1.807) is 4.57 Å². The number of benzene rings is 1. The zero-order valence-corrected chi connectivity index (χ0v) is 13.4. The molecule has 0 saturated carbocycles. The van der Waals surface area contributed by atoms with E-state index in [9.17, 15) is 9.59 Å². The summed E-state index contributed by atoms with van der Waals surface area (Å²) in [5.74, 6) is 0.533. The maximum absolute atomic E-state index is 11.4. The average Bonchev–Trinajstić information content (AvgIpc) is 2.97. The fourth-order valence-electron chi connectivity index (χ4n) is 2.52. The van der Waals surface area contributed by atoms with Crippen molar-refractivity contribution in [1.82, 2.24) is 4.98 Å². The van der Waals surface area contributed by atoms with Gasteiger partial charge < -0.3 is 0 Å². The number of hydrogen-bond acceptors (Lipinski definition) is 3. The summed E-state index contributed by atoms with van der Waals surface area (Å²) in [6.45, 7) is 0. The van der Waals surface area contributed by atoms with Gasteiger partial charge in [0.15, 0.2) is 11.2 Å². The van der Waals surface area contributed by atoms with E-state index in [1.165, 1.54) is 11.1 Å². The van der Waals surface area contributed by atoms with Crippen LogP contribution < -0.4 is 9.44 Å². The summed E-state index contributed by atoms with van der Waals surface area (Å²) in [4.78, 5) is 25.3. The van der Waals surface area contributed by atoms with Crippen molar-refractivity contribution in [2.75, 3.05) is 0 Å². The van der Waals surface area contributed by atoms with Crippen molar-refractivity contribution < 1.29 is 9.36 Å². The van der Waals surface area contributed by atoms with Crippen LogP contribution in [0.3, 0.4) is 0 Å². The third kappa shape index (κ3) is 3.81. The number of nitrogens with one attached hydrogen (secondary N) is 1. The zero-order valence-electron chi connectivity index (χ0n) is 12.6. The van der Waals surface area contributed by atoms with E-state index in [1.807, 2.05) is 30.6 Å². The number of aryl methyl sites for hydroxylation is 2. The third-order valence-electron chi connectivity index (χ3n) is 3.69. The molecule has 0 radical (unpaired) electrons. The van der Waals surface area contributed by atoms with E-state index in [4.69, 9.17) is 0 Å². The van der Waals surface area contributed by atoms with Crippen molar-refractivity contribution in [3.63, 3.8) is 0 Å². The third-order valence-corrected chi connectivity index (χ3v) is 4.49. The Morgan fingerprint density at radius 3 is 2.30 bits per heavy atom. The van der Waals surface area contributed by atoms with E-state index >= 15 is 0 Å². The van der Waals surface area contributed by atoms with Crippen LogP contribution in [0, 0.1) is 0 Å². The van der Waals surface area contributed by atoms with Crippen molar-refractivity contribution in [2.45, 2.75) is 19.3 Å². The molecule has 3 rings (SSSR count). The Morgan fingerprint density at radius 2 is 1.65 bits per heavy atom. The summed E-state index contributed by atoms with van der Waals surface area (Å²) in [5.41, 5.74) is 2.59. The van der Waals surface area contributed by atoms with E-state index in [2.05, 4.69) is 29.2 Å². The lowest BCUT2D eigenvalue weighted by molar-refractivity contribution is -0.599. The SMILES string of the molecule is O=Cc1sc(=O)[nH]c1-[n+]1ccc(CCCc2ccccc2)cc1. The molecule has 3 aromatic rings. The van der Waals surface area contributed by atoms with Crippen LogP contribution in [0.2, 0.25) is 0 Å². The van der Waals surface area contributed by atoms with Crippen LogP contribution in [0.4, 0.5) is 0 Å². The Labute approximate surface area is 138 Å². The molecule has 1 aromatic carbocycles. The Balaban J connectivity index is 1.65. The Kier molecular flexibility index (Phi) is 4.78. The second-order valence-corrected chi connectivity index (χ2v) is 6.31. The number of pyridine rings is 1. The van der Waals surface area contributed by atoms with Crippen molar-refractivity contribution >= 4 is 17.6 Å². The summed E-state index contributed by atoms with van der Waals surface area (Å²) >= 11 is 0.925. The molecule has 0 atom stereocenters. The Bertz CT molecular complexity index is 835. The van der Waals surface area contributed by atoms with Gasteiger partial charge in [0.05, 0.1) is 12.4 Å². The highest BCUT2D eigenvalue weighted by molar-refractivity contribution is 7.11. The predicted octanol–water partition coefficient (Wildman–Crippen LogP) is 2.70. The summed E-state index contributed by atoms with van der Waals surface area (Å²) < 4.78 is 1.77. The second-order valence-electron chi connectivity index (χ2n) is 5.30. The fraction of sp³-hybridized carbons (Fsp3) is 0.167. The zero-order chi connectivity index (χ0) is 16.1. The molecule has 2 aromatic heterocycles. The first-order chi connectivity index (χ1) is 11.3. The molecule has 116 valence electrons. The molecule has 1 N–H and O–H groups in total. The van der Waals surface area contributed by atoms with E-state index < -0.39 is 0 Å². The lowest BCUT2D eigenvalue weighted by Crippen LogP contribution is -2.31. The van der Waals surface area contributed by atoms with Crippen LogP contribution in [-0.4, -0.2) is 11.3 Å². The van der Waals surface area contributed by atoms with E-state index in [0.29, 0.717) is 17.0 Å². The molecule has 23 heavy (non-hydrogen) atoms. The number of hydrogen-bond donors (Lipinski definition) is 1. The second kappa shape index (κ2) is 7.15. The number of aromatic amines is 1. The van der Waals surface area contributed by atoms with Gasteiger partial charge in [-0.05, 0) is 53.9 Å². The number of carbonyl (C=O) groups excluding carboxylic acids is 1.